The van der Waals surface area contributed by atoms with E-state index >= 15 is 0 Å². The molecule has 124 valence electrons. The van der Waals surface area contributed by atoms with Crippen molar-refractivity contribution in [1.82, 2.24) is 24.1 Å². The maximum absolute atomic E-state index is 12.5. The topological polar surface area (TPSA) is 77.1 Å². The number of aryl methyl sites for hydroxylation is 2. The Balaban J connectivity index is 1.62. The number of aromatic nitrogens is 5. The minimum absolute atomic E-state index is 0.279. The summed E-state index contributed by atoms with van der Waals surface area (Å²) in [5.41, 5.74) is 3.56. The van der Waals surface area contributed by atoms with Crippen LogP contribution < -0.4 is 5.32 Å². The van der Waals surface area contributed by atoms with E-state index < -0.39 is 0 Å². The lowest BCUT2D eigenvalue weighted by Gasteiger charge is -2.02. The zero-order valence-electron chi connectivity index (χ0n) is 13.8. The monoisotopic (exact) mass is 332 g/mol. The molecule has 7 heteroatoms. The van der Waals surface area contributed by atoms with Crippen LogP contribution in [-0.2, 0) is 7.05 Å². The molecule has 0 aliphatic rings. The molecule has 4 rings (SSSR count). The number of imidazole rings is 1. The fraction of sp³-hybridized carbons (Fsp3) is 0.111. The van der Waals surface area contributed by atoms with Crippen molar-refractivity contribution in [2.75, 3.05) is 5.32 Å². The smallest absolute Gasteiger partial charge is 0.277 e. The summed E-state index contributed by atoms with van der Waals surface area (Å²) in [6, 6.07) is 13.2. The van der Waals surface area contributed by atoms with E-state index in [1.54, 1.807) is 30.2 Å². The van der Waals surface area contributed by atoms with Gasteiger partial charge >= 0.3 is 0 Å². The van der Waals surface area contributed by atoms with Gasteiger partial charge in [0, 0.05) is 31.2 Å². The molecule has 0 saturated carbocycles. The lowest BCUT2D eigenvalue weighted by Crippen LogP contribution is -2.14. The second kappa shape index (κ2) is 5.86. The van der Waals surface area contributed by atoms with E-state index in [1.807, 2.05) is 47.7 Å². The van der Waals surface area contributed by atoms with Crippen LogP contribution in [0.5, 0.6) is 0 Å². The summed E-state index contributed by atoms with van der Waals surface area (Å²) in [7, 11) is 1.77. The van der Waals surface area contributed by atoms with Crippen molar-refractivity contribution in [1.29, 1.82) is 0 Å². The van der Waals surface area contributed by atoms with Gasteiger partial charge in [0.25, 0.3) is 5.91 Å². The number of hydrogen-bond acceptors (Lipinski definition) is 4. The third kappa shape index (κ3) is 2.76. The summed E-state index contributed by atoms with van der Waals surface area (Å²) in [5, 5.41) is 7.25. The van der Waals surface area contributed by atoms with Crippen molar-refractivity contribution in [2.45, 2.75) is 6.92 Å². The van der Waals surface area contributed by atoms with Gasteiger partial charge in [-0.25, -0.2) is 4.98 Å². The highest BCUT2D eigenvalue weighted by atomic mass is 16.2. The Labute approximate surface area is 144 Å². The highest BCUT2D eigenvalue weighted by Crippen LogP contribution is 2.19. The van der Waals surface area contributed by atoms with Crippen LogP contribution in [-0.4, -0.2) is 30.1 Å². The first kappa shape index (κ1) is 15.1. The van der Waals surface area contributed by atoms with Crippen LogP contribution in [0.1, 0.15) is 16.2 Å². The second-order valence-corrected chi connectivity index (χ2v) is 5.73. The quantitative estimate of drug-likeness (QED) is 0.626. The molecule has 0 saturated heterocycles. The molecular formula is C18H16N6O. The van der Waals surface area contributed by atoms with Crippen molar-refractivity contribution in [3.05, 3.63) is 66.2 Å². The van der Waals surface area contributed by atoms with Gasteiger partial charge in [0.2, 0.25) is 0 Å². The molecule has 0 spiro atoms. The normalized spacial score (nSPS) is 11.0. The van der Waals surface area contributed by atoms with Gasteiger partial charge in [-0.3, -0.25) is 14.5 Å². The Bertz CT molecular complexity index is 1060. The lowest BCUT2D eigenvalue weighted by molar-refractivity contribution is 0.102. The first-order valence-electron chi connectivity index (χ1n) is 7.83. The van der Waals surface area contributed by atoms with Crippen LogP contribution in [0, 0.1) is 6.92 Å². The van der Waals surface area contributed by atoms with E-state index in [-0.39, 0.29) is 5.91 Å². The second-order valence-electron chi connectivity index (χ2n) is 5.73. The number of carbonyl (C=O) groups is 1. The number of carbonyl (C=O) groups excluding carboxylic acids is 1. The molecule has 4 heterocycles. The summed E-state index contributed by atoms with van der Waals surface area (Å²) in [5.74, 6) is 0.304. The van der Waals surface area contributed by atoms with E-state index in [0.717, 1.165) is 17.0 Å². The fourth-order valence-electron chi connectivity index (χ4n) is 2.66. The van der Waals surface area contributed by atoms with Crippen LogP contribution >= 0.6 is 0 Å². The minimum atomic E-state index is -0.279. The molecule has 4 aromatic rings. The number of hydrogen-bond donors (Lipinski definition) is 1. The zero-order chi connectivity index (χ0) is 17.4. The first-order valence-corrected chi connectivity index (χ1v) is 7.83. The van der Waals surface area contributed by atoms with Crippen molar-refractivity contribution in [3.63, 3.8) is 0 Å². The molecule has 4 aromatic heterocycles. The number of pyridine rings is 2. The molecule has 0 unspecified atom stereocenters. The third-order valence-electron chi connectivity index (χ3n) is 3.98. The molecule has 1 amide bonds. The number of anilines is 1. The van der Waals surface area contributed by atoms with Crippen LogP contribution in [0.2, 0.25) is 0 Å². The average molecular weight is 332 g/mol. The summed E-state index contributed by atoms with van der Waals surface area (Å²) in [6.07, 6.45) is 3.44. The van der Waals surface area contributed by atoms with Gasteiger partial charge in [-0.05, 0) is 31.2 Å². The molecule has 0 radical (unpaired) electrons. The minimum Gasteiger partial charge on any atom is -0.305 e. The summed E-state index contributed by atoms with van der Waals surface area (Å²) < 4.78 is 3.50. The Morgan fingerprint density at radius 3 is 2.76 bits per heavy atom. The molecule has 0 aliphatic heterocycles. The summed E-state index contributed by atoms with van der Waals surface area (Å²) in [4.78, 5) is 21.2. The Kier molecular flexibility index (Phi) is 3.53. The van der Waals surface area contributed by atoms with Crippen molar-refractivity contribution >= 4 is 17.4 Å². The molecule has 7 nitrogen and oxygen atoms in total. The maximum atomic E-state index is 12.5. The molecule has 0 aromatic carbocycles. The van der Waals surface area contributed by atoms with Crippen LogP contribution in [0.3, 0.4) is 0 Å². The Morgan fingerprint density at radius 2 is 2.00 bits per heavy atom. The van der Waals surface area contributed by atoms with Crippen molar-refractivity contribution < 1.29 is 4.79 Å². The molecule has 1 N–H and O–H groups in total. The highest BCUT2D eigenvalue weighted by Gasteiger charge is 2.15. The van der Waals surface area contributed by atoms with Gasteiger partial charge < -0.3 is 9.72 Å². The predicted octanol–water partition coefficient (Wildman–Crippen LogP) is 2.69. The average Bonchev–Trinajstić information content (AvgIpc) is 3.21. The van der Waals surface area contributed by atoms with Crippen LogP contribution in [0.15, 0.2) is 54.9 Å². The van der Waals surface area contributed by atoms with Gasteiger partial charge in [-0.15, -0.1) is 0 Å². The van der Waals surface area contributed by atoms with Crippen molar-refractivity contribution in [3.8, 4) is 11.4 Å². The van der Waals surface area contributed by atoms with Gasteiger partial charge in [-0.2, -0.15) is 5.10 Å². The molecule has 25 heavy (non-hydrogen) atoms. The van der Waals surface area contributed by atoms with E-state index in [4.69, 9.17) is 0 Å². The molecule has 0 fully saturated rings. The molecule has 0 aliphatic carbocycles. The summed E-state index contributed by atoms with van der Waals surface area (Å²) >= 11 is 0. The first-order chi connectivity index (χ1) is 12.1. The Hall–Kier alpha value is -3.48. The summed E-state index contributed by atoms with van der Waals surface area (Å²) in [6.45, 7) is 1.97. The van der Waals surface area contributed by atoms with E-state index in [0.29, 0.717) is 17.2 Å². The van der Waals surface area contributed by atoms with Gasteiger partial charge in [0.15, 0.2) is 0 Å². The SMILES string of the molecule is Cc1cccc2nc(C(=O)Nc3cc(-c4ccccn4)nn3C)cn12. The largest absolute Gasteiger partial charge is 0.305 e. The maximum Gasteiger partial charge on any atom is 0.277 e. The lowest BCUT2D eigenvalue weighted by atomic mass is 10.3. The molecule has 0 bridgehead atoms. The van der Waals surface area contributed by atoms with E-state index in [1.165, 1.54) is 0 Å². The van der Waals surface area contributed by atoms with Gasteiger partial charge in [-0.1, -0.05) is 12.1 Å². The number of amides is 1. The number of nitrogens with zero attached hydrogens (tertiary/aromatic N) is 5. The van der Waals surface area contributed by atoms with Gasteiger partial charge in [0.05, 0.1) is 5.69 Å². The zero-order valence-corrected chi connectivity index (χ0v) is 13.8. The number of rotatable bonds is 3. The van der Waals surface area contributed by atoms with Crippen molar-refractivity contribution in [2.24, 2.45) is 7.05 Å². The van der Waals surface area contributed by atoms with Crippen LogP contribution in [0.25, 0.3) is 17.0 Å². The van der Waals surface area contributed by atoms with E-state index in [2.05, 4.69) is 20.4 Å². The third-order valence-corrected chi connectivity index (χ3v) is 3.98. The standard InChI is InChI=1S/C18H16N6O/c1-12-6-5-8-16-20-15(11-24(12)16)18(25)21-17-10-14(22-23(17)2)13-7-3-4-9-19-13/h3-11H,1-2H3,(H,21,25). The van der Waals surface area contributed by atoms with Crippen LogP contribution in [0.4, 0.5) is 5.82 Å². The number of nitrogens with one attached hydrogen (secondary N) is 1. The number of fused-ring (bicyclic) bond motifs is 1. The predicted molar refractivity (Wildman–Crippen MR) is 94.3 cm³/mol. The molecular weight excluding hydrogens is 316 g/mol. The fourth-order valence-corrected chi connectivity index (χ4v) is 2.66. The van der Waals surface area contributed by atoms with Gasteiger partial charge in [0.1, 0.15) is 22.9 Å². The Morgan fingerprint density at radius 1 is 1.12 bits per heavy atom. The van der Waals surface area contributed by atoms with E-state index in [9.17, 15) is 4.79 Å². The highest BCUT2D eigenvalue weighted by molar-refractivity contribution is 6.03. The molecule has 0 atom stereocenters.